The second-order valence-electron chi connectivity index (χ2n) is 2.82. The molecular weight excluding hydrogens is 274 g/mol. The first-order valence-corrected chi connectivity index (χ1v) is 6.95. The van der Waals surface area contributed by atoms with Crippen LogP contribution in [0.5, 0.6) is 0 Å². The predicted octanol–water partition coefficient (Wildman–Crippen LogP) is -0.443. The zero-order valence-corrected chi connectivity index (χ0v) is 10.5. The highest BCUT2D eigenvalue weighted by atomic mass is 79.9. The number of carbonyl (C=O) groups is 1. The molecule has 0 aliphatic heterocycles. The highest BCUT2D eigenvalue weighted by molar-refractivity contribution is 9.10. The van der Waals surface area contributed by atoms with Crippen LogP contribution in [0, 0.1) is 0 Å². The Morgan fingerprint density at radius 1 is 1.57 bits per heavy atom. The van der Waals surface area contributed by atoms with Crippen molar-refractivity contribution in [1.82, 2.24) is 5.32 Å². The summed E-state index contributed by atoms with van der Waals surface area (Å²) in [4.78, 5) is 10.4. The third kappa shape index (κ3) is 7.28. The molecule has 5 nitrogen and oxygen atoms in total. The van der Waals surface area contributed by atoms with Gasteiger partial charge in [-0.2, -0.15) is 0 Å². The van der Waals surface area contributed by atoms with Gasteiger partial charge in [-0.15, -0.1) is 0 Å². The van der Waals surface area contributed by atoms with E-state index in [0.717, 1.165) is 0 Å². The molecule has 0 amide bonds. The third-order valence-corrected chi connectivity index (χ3v) is 3.07. The Morgan fingerprint density at radius 3 is 2.57 bits per heavy atom. The highest BCUT2D eigenvalue weighted by Crippen LogP contribution is 1.99. The van der Waals surface area contributed by atoms with Crippen LogP contribution in [-0.2, 0) is 19.4 Å². The maximum atomic E-state index is 10.9. The quantitative estimate of drug-likeness (QED) is 0.407. The number of halogens is 1. The molecule has 84 valence electrons. The zero-order valence-electron chi connectivity index (χ0n) is 8.12. The molecule has 0 aromatic rings. The Hall–Kier alpha value is -0.140. The fourth-order valence-electron chi connectivity index (χ4n) is 0.698. The fourth-order valence-corrected chi connectivity index (χ4v) is 1.63. The van der Waals surface area contributed by atoms with Crippen molar-refractivity contribution in [3.8, 4) is 0 Å². The highest BCUT2D eigenvalue weighted by Gasteiger charge is 2.14. The van der Waals surface area contributed by atoms with E-state index in [9.17, 15) is 13.2 Å². The number of alkyl halides is 1. The maximum absolute atomic E-state index is 10.9. The lowest BCUT2D eigenvalue weighted by Gasteiger charge is -2.08. The van der Waals surface area contributed by atoms with Crippen LogP contribution in [0.15, 0.2) is 0 Å². The van der Waals surface area contributed by atoms with E-state index in [2.05, 4.69) is 26.0 Å². The van der Waals surface area contributed by atoms with Gasteiger partial charge in [0.05, 0.1) is 12.9 Å². The van der Waals surface area contributed by atoms with Gasteiger partial charge in [0.2, 0.25) is 0 Å². The van der Waals surface area contributed by atoms with Gasteiger partial charge >= 0.3 is 5.97 Å². The number of hydrogen-bond donors (Lipinski definition) is 1. The summed E-state index contributed by atoms with van der Waals surface area (Å²) in [5.74, 6) is -0.315. The van der Waals surface area contributed by atoms with Gasteiger partial charge in [0.25, 0.3) is 0 Å². The molecule has 0 saturated carbocycles. The summed E-state index contributed by atoms with van der Waals surface area (Å²) < 4.78 is 25.9. The molecule has 0 bridgehead atoms. The van der Waals surface area contributed by atoms with E-state index in [4.69, 9.17) is 0 Å². The van der Waals surface area contributed by atoms with Crippen LogP contribution in [-0.4, -0.2) is 51.4 Å². The summed E-state index contributed by atoms with van der Waals surface area (Å²) in [6.45, 7) is 0.681. The molecule has 0 aliphatic carbocycles. The summed E-state index contributed by atoms with van der Waals surface area (Å²) in [5.41, 5.74) is 0. The second kappa shape index (κ2) is 6.36. The number of esters is 1. The molecule has 0 aromatic carbocycles. The van der Waals surface area contributed by atoms with Crippen molar-refractivity contribution >= 4 is 31.7 Å². The molecule has 0 aliphatic rings. The molecule has 0 spiro atoms. The van der Waals surface area contributed by atoms with Gasteiger partial charge in [-0.3, -0.25) is 4.79 Å². The van der Waals surface area contributed by atoms with Crippen molar-refractivity contribution in [2.45, 2.75) is 4.83 Å². The largest absolute Gasteiger partial charge is 0.468 e. The molecule has 0 rings (SSSR count). The Balaban J connectivity index is 3.60. The van der Waals surface area contributed by atoms with Crippen molar-refractivity contribution in [3.63, 3.8) is 0 Å². The van der Waals surface area contributed by atoms with Crippen molar-refractivity contribution in [3.05, 3.63) is 0 Å². The van der Waals surface area contributed by atoms with E-state index in [0.29, 0.717) is 13.1 Å². The molecule has 0 radical (unpaired) electrons. The monoisotopic (exact) mass is 287 g/mol. The molecule has 0 fully saturated rings. The number of nitrogens with one attached hydrogen (secondary N) is 1. The van der Waals surface area contributed by atoms with Gasteiger partial charge in [-0.05, 0) is 0 Å². The van der Waals surface area contributed by atoms with E-state index >= 15 is 0 Å². The molecule has 0 saturated heterocycles. The van der Waals surface area contributed by atoms with Gasteiger partial charge in [0.1, 0.15) is 14.7 Å². The molecule has 14 heavy (non-hydrogen) atoms. The first kappa shape index (κ1) is 13.9. The third-order valence-electron chi connectivity index (χ3n) is 1.43. The Labute approximate surface area is 92.2 Å². The molecule has 7 heteroatoms. The van der Waals surface area contributed by atoms with Gasteiger partial charge in [0, 0.05) is 19.3 Å². The lowest BCUT2D eigenvalue weighted by atomic mass is 10.4. The van der Waals surface area contributed by atoms with Crippen molar-refractivity contribution < 1.29 is 17.9 Å². The first-order valence-electron chi connectivity index (χ1n) is 3.97. The van der Waals surface area contributed by atoms with E-state index in [1.165, 1.54) is 13.4 Å². The molecule has 1 N–H and O–H groups in total. The van der Waals surface area contributed by atoms with Crippen molar-refractivity contribution in [1.29, 1.82) is 0 Å². The first-order chi connectivity index (χ1) is 6.37. The van der Waals surface area contributed by atoms with Crippen LogP contribution in [0.1, 0.15) is 0 Å². The van der Waals surface area contributed by atoms with Crippen LogP contribution in [0.2, 0.25) is 0 Å². The zero-order chi connectivity index (χ0) is 11.2. The van der Waals surface area contributed by atoms with Crippen molar-refractivity contribution in [2.75, 3.05) is 32.2 Å². The average molecular weight is 288 g/mol. The van der Waals surface area contributed by atoms with Gasteiger partial charge in [-0.25, -0.2) is 8.42 Å². The molecule has 1 atom stereocenters. The minimum absolute atomic E-state index is 0.0634. The van der Waals surface area contributed by atoms with Gasteiger partial charge in [0.15, 0.2) is 0 Å². The van der Waals surface area contributed by atoms with Gasteiger partial charge < -0.3 is 10.1 Å². The van der Waals surface area contributed by atoms with Crippen LogP contribution >= 0.6 is 15.9 Å². The number of hydrogen-bond acceptors (Lipinski definition) is 5. The number of rotatable bonds is 6. The van der Waals surface area contributed by atoms with Crippen LogP contribution in [0.4, 0.5) is 0 Å². The normalized spacial score (nSPS) is 13.6. The SMILES string of the molecule is COC(=O)C(Br)CNCCS(C)(=O)=O. The molecule has 0 heterocycles. The number of ether oxygens (including phenoxy) is 1. The van der Waals surface area contributed by atoms with Crippen LogP contribution in [0.3, 0.4) is 0 Å². The second-order valence-corrected chi connectivity index (χ2v) is 6.19. The minimum atomic E-state index is -2.94. The van der Waals surface area contributed by atoms with Crippen molar-refractivity contribution in [2.24, 2.45) is 0 Å². The lowest BCUT2D eigenvalue weighted by Crippen LogP contribution is -2.32. The Morgan fingerprint density at radius 2 is 2.14 bits per heavy atom. The Bertz CT molecular complexity index is 277. The smallest absolute Gasteiger partial charge is 0.320 e. The lowest BCUT2D eigenvalue weighted by molar-refractivity contribution is -0.139. The van der Waals surface area contributed by atoms with E-state index in [1.54, 1.807) is 0 Å². The Kier molecular flexibility index (Phi) is 6.30. The summed E-state index contributed by atoms with van der Waals surface area (Å²) in [5, 5.41) is 2.83. The summed E-state index contributed by atoms with van der Waals surface area (Å²) >= 11 is 3.10. The van der Waals surface area contributed by atoms with E-state index < -0.39 is 14.7 Å². The fraction of sp³-hybridized carbons (Fsp3) is 0.857. The molecule has 0 aromatic heterocycles. The van der Waals surface area contributed by atoms with E-state index in [-0.39, 0.29) is 11.7 Å². The minimum Gasteiger partial charge on any atom is -0.468 e. The average Bonchev–Trinajstić information content (AvgIpc) is 2.09. The number of sulfone groups is 1. The van der Waals surface area contributed by atoms with Gasteiger partial charge in [-0.1, -0.05) is 15.9 Å². The number of methoxy groups -OCH3 is 1. The maximum Gasteiger partial charge on any atom is 0.320 e. The standard InChI is InChI=1S/C7H14BrNO4S/c1-13-7(10)6(8)5-9-3-4-14(2,11)12/h6,9H,3-5H2,1-2H3. The van der Waals surface area contributed by atoms with E-state index in [1.807, 2.05) is 0 Å². The van der Waals surface area contributed by atoms with Crippen LogP contribution in [0.25, 0.3) is 0 Å². The summed E-state index contributed by atoms with van der Waals surface area (Å²) in [6.07, 6.45) is 1.17. The predicted molar refractivity (Wildman–Crippen MR) is 57.3 cm³/mol. The number of carbonyl (C=O) groups excluding carboxylic acids is 1. The molecule has 1 unspecified atom stereocenters. The van der Waals surface area contributed by atoms with Crippen LogP contribution < -0.4 is 5.32 Å². The molecular formula is C7H14BrNO4S. The topological polar surface area (TPSA) is 72.5 Å². The summed E-state index contributed by atoms with van der Waals surface area (Å²) in [7, 11) is -1.64. The summed E-state index contributed by atoms with van der Waals surface area (Å²) in [6, 6.07) is 0.